The topological polar surface area (TPSA) is 25.2 Å². The number of hydrogen-bond acceptors (Lipinski definition) is 2. The van der Waals surface area contributed by atoms with E-state index in [1.54, 1.807) is 11.8 Å². The SMILES string of the molecule is Cc1cccc(Cn2cccc2CN(C(=O)CSc2ccccc2)C(C)C(C)C)c1. The summed E-state index contributed by atoms with van der Waals surface area (Å²) < 4.78 is 2.26. The third-order valence-corrected chi connectivity index (χ3v) is 6.57. The van der Waals surface area contributed by atoms with E-state index in [9.17, 15) is 4.79 Å². The minimum absolute atomic E-state index is 0.177. The van der Waals surface area contributed by atoms with Crippen LogP contribution in [0.5, 0.6) is 0 Å². The molecule has 0 fully saturated rings. The molecule has 1 atom stereocenters. The predicted molar refractivity (Wildman–Crippen MR) is 127 cm³/mol. The van der Waals surface area contributed by atoms with Crippen molar-refractivity contribution in [1.82, 2.24) is 9.47 Å². The Labute approximate surface area is 185 Å². The van der Waals surface area contributed by atoms with Crippen LogP contribution < -0.4 is 0 Å². The van der Waals surface area contributed by atoms with Gasteiger partial charge in [-0.2, -0.15) is 0 Å². The Hall–Kier alpha value is -2.46. The van der Waals surface area contributed by atoms with Crippen LogP contribution in [0.1, 0.15) is 37.6 Å². The number of carbonyl (C=O) groups excluding carboxylic acids is 1. The summed E-state index contributed by atoms with van der Waals surface area (Å²) in [6.07, 6.45) is 2.11. The van der Waals surface area contributed by atoms with Crippen molar-refractivity contribution >= 4 is 17.7 Å². The summed E-state index contributed by atoms with van der Waals surface area (Å²) in [7, 11) is 0. The summed E-state index contributed by atoms with van der Waals surface area (Å²) in [6, 6.07) is 23.1. The van der Waals surface area contributed by atoms with Gasteiger partial charge in [0.1, 0.15) is 0 Å². The normalized spacial score (nSPS) is 12.2. The number of amides is 1. The second-order valence-electron chi connectivity index (χ2n) is 8.22. The molecule has 0 spiro atoms. The molecule has 2 aromatic carbocycles. The Morgan fingerprint density at radius 1 is 1.00 bits per heavy atom. The molecule has 3 aromatic rings. The van der Waals surface area contributed by atoms with Crippen LogP contribution in [0, 0.1) is 12.8 Å². The fraction of sp³-hybridized carbons (Fsp3) is 0.346. The van der Waals surface area contributed by atoms with E-state index in [-0.39, 0.29) is 11.9 Å². The molecule has 3 rings (SSSR count). The summed E-state index contributed by atoms with van der Waals surface area (Å²) in [5.41, 5.74) is 3.72. The van der Waals surface area contributed by atoms with Crippen LogP contribution in [0.4, 0.5) is 0 Å². The summed E-state index contributed by atoms with van der Waals surface area (Å²) in [6.45, 7) is 10.1. The van der Waals surface area contributed by atoms with E-state index in [2.05, 4.69) is 87.0 Å². The van der Waals surface area contributed by atoms with Gasteiger partial charge < -0.3 is 9.47 Å². The van der Waals surface area contributed by atoms with E-state index in [1.165, 1.54) is 16.8 Å². The van der Waals surface area contributed by atoms with Crippen LogP contribution in [0.3, 0.4) is 0 Å². The van der Waals surface area contributed by atoms with Gasteiger partial charge in [-0.1, -0.05) is 61.9 Å². The number of nitrogens with zero attached hydrogens (tertiary/aromatic N) is 2. The van der Waals surface area contributed by atoms with Gasteiger partial charge in [0.15, 0.2) is 0 Å². The van der Waals surface area contributed by atoms with Crippen molar-refractivity contribution in [3.63, 3.8) is 0 Å². The average molecular weight is 421 g/mol. The largest absolute Gasteiger partial charge is 0.345 e. The number of aryl methyl sites for hydroxylation is 1. The van der Waals surface area contributed by atoms with Gasteiger partial charge in [0, 0.05) is 29.4 Å². The van der Waals surface area contributed by atoms with E-state index < -0.39 is 0 Å². The standard InChI is InChI=1S/C26H32N2OS/c1-20(2)22(4)28(26(29)19-30-25-13-6-5-7-14-25)18-24-12-9-15-27(24)17-23-11-8-10-21(3)16-23/h5-16,20,22H,17-19H2,1-4H3. The lowest BCUT2D eigenvalue weighted by Crippen LogP contribution is -2.42. The highest BCUT2D eigenvalue weighted by molar-refractivity contribution is 8.00. The molecule has 30 heavy (non-hydrogen) atoms. The van der Waals surface area contributed by atoms with Crippen molar-refractivity contribution in [1.29, 1.82) is 0 Å². The molecule has 1 amide bonds. The van der Waals surface area contributed by atoms with E-state index in [1.807, 2.05) is 23.1 Å². The molecule has 0 aliphatic heterocycles. The molecule has 0 bridgehead atoms. The first kappa shape index (κ1) is 22.2. The number of benzene rings is 2. The Kier molecular flexibility index (Phi) is 7.81. The van der Waals surface area contributed by atoms with Crippen LogP contribution in [0.15, 0.2) is 77.8 Å². The highest BCUT2D eigenvalue weighted by Crippen LogP contribution is 2.21. The van der Waals surface area contributed by atoms with Crippen LogP contribution in [0.25, 0.3) is 0 Å². The predicted octanol–water partition coefficient (Wildman–Crippen LogP) is 6.01. The highest BCUT2D eigenvalue weighted by Gasteiger charge is 2.24. The number of thioether (sulfide) groups is 1. The molecule has 4 heteroatoms. The summed E-state index contributed by atoms with van der Waals surface area (Å²) >= 11 is 1.61. The third-order valence-electron chi connectivity index (χ3n) is 5.57. The second-order valence-corrected chi connectivity index (χ2v) is 9.27. The zero-order chi connectivity index (χ0) is 21.5. The van der Waals surface area contributed by atoms with Crippen LogP contribution in [-0.2, 0) is 17.9 Å². The Morgan fingerprint density at radius 3 is 2.47 bits per heavy atom. The first-order valence-electron chi connectivity index (χ1n) is 10.6. The van der Waals surface area contributed by atoms with Gasteiger partial charge in [-0.3, -0.25) is 4.79 Å². The monoisotopic (exact) mass is 420 g/mol. The lowest BCUT2D eigenvalue weighted by molar-refractivity contribution is -0.132. The molecule has 3 nitrogen and oxygen atoms in total. The molecule has 1 heterocycles. The highest BCUT2D eigenvalue weighted by atomic mass is 32.2. The maximum atomic E-state index is 13.2. The number of aromatic nitrogens is 1. The van der Waals surface area contributed by atoms with Crippen LogP contribution in [-0.4, -0.2) is 27.2 Å². The molecule has 0 aliphatic rings. The van der Waals surface area contributed by atoms with Crippen molar-refractivity contribution in [3.05, 3.63) is 89.7 Å². The molecular formula is C26H32N2OS. The van der Waals surface area contributed by atoms with Gasteiger partial charge >= 0.3 is 0 Å². The average Bonchev–Trinajstić information content (AvgIpc) is 3.17. The van der Waals surface area contributed by atoms with Gasteiger partial charge in [0.2, 0.25) is 5.91 Å². The Bertz CT molecular complexity index is 948. The molecule has 1 unspecified atom stereocenters. The summed E-state index contributed by atoms with van der Waals surface area (Å²) in [4.78, 5) is 16.4. The number of hydrogen-bond donors (Lipinski definition) is 0. The zero-order valence-electron chi connectivity index (χ0n) is 18.4. The van der Waals surface area contributed by atoms with Crippen molar-refractivity contribution in [3.8, 4) is 0 Å². The Balaban J connectivity index is 1.74. The fourth-order valence-corrected chi connectivity index (χ4v) is 4.30. The second kappa shape index (κ2) is 10.5. The third kappa shape index (κ3) is 6.02. The van der Waals surface area contributed by atoms with Crippen molar-refractivity contribution in [2.75, 3.05) is 5.75 Å². The molecule has 158 valence electrons. The summed E-state index contributed by atoms with van der Waals surface area (Å²) in [5, 5.41) is 0. The van der Waals surface area contributed by atoms with Crippen LogP contribution in [0.2, 0.25) is 0 Å². The molecule has 0 radical (unpaired) electrons. The van der Waals surface area contributed by atoms with Gasteiger partial charge in [-0.25, -0.2) is 0 Å². The molecule has 1 aromatic heterocycles. The maximum Gasteiger partial charge on any atom is 0.233 e. The molecule has 0 aliphatic carbocycles. The smallest absolute Gasteiger partial charge is 0.233 e. The van der Waals surface area contributed by atoms with E-state index in [0.29, 0.717) is 18.2 Å². The van der Waals surface area contributed by atoms with Gasteiger partial charge in [0.25, 0.3) is 0 Å². The molecule has 0 saturated heterocycles. The fourth-order valence-electron chi connectivity index (χ4n) is 3.49. The number of rotatable bonds is 9. The minimum atomic E-state index is 0.177. The van der Waals surface area contributed by atoms with Crippen molar-refractivity contribution in [2.45, 2.75) is 51.7 Å². The summed E-state index contributed by atoms with van der Waals surface area (Å²) in [5.74, 6) is 1.05. The zero-order valence-corrected chi connectivity index (χ0v) is 19.2. The minimum Gasteiger partial charge on any atom is -0.345 e. The van der Waals surface area contributed by atoms with Crippen molar-refractivity contribution in [2.24, 2.45) is 5.92 Å². The first-order valence-corrected chi connectivity index (χ1v) is 11.6. The van der Waals surface area contributed by atoms with E-state index >= 15 is 0 Å². The molecular weight excluding hydrogens is 388 g/mol. The molecule has 0 N–H and O–H groups in total. The lowest BCUT2D eigenvalue weighted by atomic mass is 10.0. The van der Waals surface area contributed by atoms with Gasteiger partial charge in [-0.15, -0.1) is 11.8 Å². The van der Waals surface area contributed by atoms with Crippen molar-refractivity contribution < 1.29 is 4.79 Å². The Morgan fingerprint density at radius 2 is 1.77 bits per heavy atom. The molecule has 0 saturated carbocycles. The number of carbonyl (C=O) groups is 1. The maximum absolute atomic E-state index is 13.2. The van der Waals surface area contributed by atoms with Gasteiger partial charge in [0.05, 0.1) is 12.3 Å². The first-order chi connectivity index (χ1) is 14.4. The van der Waals surface area contributed by atoms with Crippen LogP contribution >= 0.6 is 11.8 Å². The van der Waals surface area contributed by atoms with E-state index in [0.717, 1.165) is 11.4 Å². The van der Waals surface area contributed by atoms with E-state index in [4.69, 9.17) is 0 Å². The quantitative estimate of drug-likeness (QED) is 0.396. The van der Waals surface area contributed by atoms with Gasteiger partial charge in [-0.05, 0) is 49.6 Å². The lowest BCUT2D eigenvalue weighted by Gasteiger charge is -2.32.